The Kier molecular flexibility index (Phi) is 6.15. The molecule has 0 spiro atoms. The predicted molar refractivity (Wildman–Crippen MR) is 109 cm³/mol. The van der Waals surface area contributed by atoms with E-state index in [0.717, 1.165) is 24.2 Å². The molecule has 0 aliphatic carbocycles. The van der Waals surface area contributed by atoms with E-state index in [1.54, 1.807) is 0 Å². The monoisotopic (exact) mass is 364 g/mol. The van der Waals surface area contributed by atoms with Crippen molar-refractivity contribution in [3.63, 3.8) is 0 Å². The number of nitrogens with zero attached hydrogens (tertiary/aromatic N) is 4. The van der Waals surface area contributed by atoms with Gasteiger partial charge in [-0.3, -0.25) is 4.90 Å². The normalized spacial score (nSPS) is 22.3. The summed E-state index contributed by atoms with van der Waals surface area (Å²) in [6.45, 7) is 9.20. The van der Waals surface area contributed by atoms with E-state index >= 15 is 0 Å². The van der Waals surface area contributed by atoms with E-state index in [1.807, 2.05) is 19.3 Å². The SMILES string of the molecule is Cc1ncc(CN2CCC(C3CCN(CCc4ccccc4)CC3)C2)cn1. The first kappa shape index (κ1) is 18.6. The van der Waals surface area contributed by atoms with Crippen LogP contribution >= 0.6 is 0 Å². The molecule has 144 valence electrons. The summed E-state index contributed by atoms with van der Waals surface area (Å²) in [5, 5.41) is 0. The zero-order valence-electron chi connectivity index (χ0n) is 16.6. The second-order valence-corrected chi connectivity index (χ2v) is 8.34. The highest BCUT2D eigenvalue weighted by Gasteiger charge is 2.31. The van der Waals surface area contributed by atoms with Crippen LogP contribution in [0.25, 0.3) is 0 Å². The van der Waals surface area contributed by atoms with Crippen molar-refractivity contribution in [3.8, 4) is 0 Å². The fourth-order valence-electron chi connectivity index (χ4n) is 4.73. The average molecular weight is 365 g/mol. The third kappa shape index (κ3) is 5.14. The Morgan fingerprint density at radius 2 is 1.52 bits per heavy atom. The number of rotatable bonds is 6. The van der Waals surface area contributed by atoms with Crippen molar-refractivity contribution in [2.24, 2.45) is 11.8 Å². The Balaban J connectivity index is 1.19. The van der Waals surface area contributed by atoms with Gasteiger partial charge in [-0.2, -0.15) is 0 Å². The van der Waals surface area contributed by atoms with Crippen molar-refractivity contribution in [1.29, 1.82) is 0 Å². The van der Waals surface area contributed by atoms with E-state index in [1.165, 1.54) is 69.5 Å². The van der Waals surface area contributed by atoms with Gasteiger partial charge in [0.05, 0.1) is 0 Å². The zero-order chi connectivity index (χ0) is 18.5. The number of likely N-dealkylation sites (tertiary alicyclic amines) is 2. The minimum atomic E-state index is 0.858. The summed E-state index contributed by atoms with van der Waals surface area (Å²) < 4.78 is 0. The van der Waals surface area contributed by atoms with Gasteiger partial charge >= 0.3 is 0 Å². The second-order valence-electron chi connectivity index (χ2n) is 8.34. The molecule has 1 atom stereocenters. The van der Waals surface area contributed by atoms with Crippen LogP contribution in [0.5, 0.6) is 0 Å². The summed E-state index contributed by atoms with van der Waals surface area (Å²) in [5.41, 5.74) is 2.71. The molecule has 2 fully saturated rings. The molecule has 0 amide bonds. The topological polar surface area (TPSA) is 32.3 Å². The van der Waals surface area contributed by atoms with Crippen molar-refractivity contribution >= 4 is 0 Å². The van der Waals surface area contributed by atoms with Crippen LogP contribution in [0.3, 0.4) is 0 Å². The summed E-state index contributed by atoms with van der Waals surface area (Å²) in [4.78, 5) is 13.9. The van der Waals surface area contributed by atoms with Gasteiger partial charge in [0.15, 0.2) is 0 Å². The molecule has 1 unspecified atom stereocenters. The van der Waals surface area contributed by atoms with Gasteiger partial charge in [-0.05, 0) is 69.6 Å². The lowest BCUT2D eigenvalue weighted by Crippen LogP contribution is -2.37. The van der Waals surface area contributed by atoms with E-state index in [9.17, 15) is 0 Å². The molecule has 0 bridgehead atoms. The summed E-state index contributed by atoms with van der Waals surface area (Å²) in [7, 11) is 0. The fourth-order valence-corrected chi connectivity index (χ4v) is 4.73. The first-order valence-electron chi connectivity index (χ1n) is 10.5. The van der Waals surface area contributed by atoms with Crippen LogP contribution in [0.2, 0.25) is 0 Å². The standard InChI is InChI=1S/C23H32N4/c1-19-24-15-21(16-25-19)17-27-14-10-23(18-27)22-8-12-26(13-9-22)11-7-20-5-3-2-4-6-20/h2-6,15-16,22-23H,7-14,17-18H2,1H3. The minimum Gasteiger partial charge on any atom is -0.303 e. The number of piperidine rings is 1. The second kappa shape index (κ2) is 8.94. The van der Waals surface area contributed by atoms with Crippen LogP contribution in [0, 0.1) is 18.8 Å². The van der Waals surface area contributed by atoms with Crippen molar-refractivity contribution in [1.82, 2.24) is 19.8 Å². The minimum absolute atomic E-state index is 0.858. The van der Waals surface area contributed by atoms with E-state index in [2.05, 4.69) is 50.1 Å². The highest BCUT2D eigenvalue weighted by molar-refractivity contribution is 5.14. The Hall–Kier alpha value is -1.78. The predicted octanol–water partition coefficient (Wildman–Crippen LogP) is 3.56. The maximum atomic E-state index is 4.33. The highest BCUT2D eigenvalue weighted by atomic mass is 15.2. The smallest absolute Gasteiger partial charge is 0.125 e. The molecule has 2 aliphatic rings. The van der Waals surface area contributed by atoms with Crippen molar-refractivity contribution < 1.29 is 0 Å². The maximum Gasteiger partial charge on any atom is 0.125 e. The summed E-state index contributed by atoms with van der Waals surface area (Å²) in [6.07, 6.45) is 9.27. The van der Waals surface area contributed by atoms with Gasteiger partial charge in [0.25, 0.3) is 0 Å². The molecule has 27 heavy (non-hydrogen) atoms. The molecule has 1 aromatic heterocycles. The average Bonchev–Trinajstić information content (AvgIpc) is 3.18. The molecule has 0 N–H and O–H groups in total. The van der Waals surface area contributed by atoms with E-state index in [4.69, 9.17) is 0 Å². The molecule has 0 radical (unpaired) electrons. The lowest BCUT2D eigenvalue weighted by Gasteiger charge is -2.35. The lowest BCUT2D eigenvalue weighted by molar-refractivity contribution is 0.147. The molecule has 2 aromatic rings. The van der Waals surface area contributed by atoms with Gasteiger partial charge in [-0.15, -0.1) is 0 Å². The fraction of sp³-hybridized carbons (Fsp3) is 0.565. The highest BCUT2D eigenvalue weighted by Crippen LogP contribution is 2.32. The summed E-state index contributed by atoms with van der Waals surface area (Å²) in [6, 6.07) is 10.9. The largest absolute Gasteiger partial charge is 0.303 e. The molecule has 3 heterocycles. The van der Waals surface area contributed by atoms with Crippen LogP contribution in [-0.4, -0.2) is 52.5 Å². The number of aromatic nitrogens is 2. The Morgan fingerprint density at radius 1 is 0.852 bits per heavy atom. The molecular formula is C23H32N4. The lowest BCUT2D eigenvalue weighted by atomic mass is 9.83. The van der Waals surface area contributed by atoms with Crippen molar-refractivity contribution in [2.75, 3.05) is 32.7 Å². The quantitative estimate of drug-likeness (QED) is 0.784. The molecule has 4 nitrogen and oxygen atoms in total. The Morgan fingerprint density at radius 3 is 2.26 bits per heavy atom. The first-order valence-corrected chi connectivity index (χ1v) is 10.5. The summed E-state index contributed by atoms with van der Waals surface area (Å²) >= 11 is 0. The van der Waals surface area contributed by atoms with Crippen LogP contribution in [0.15, 0.2) is 42.7 Å². The number of benzene rings is 1. The Labute approximate surface area is 163 Å². The number of hydrogen-bond donors (Lipinski definition) is 0. The van der Waals surface area contributed by atoms with Crippen molar-refractivity contribution in [2.45, 2.75) is 39.2 Å². The van der Waals surface area contributed by atoms with Gasteiger partial charge in [0.1, 0.15) is 5.82 Å². The van der Waals surface area contributed by atoms with Gasteiger partial charge in [-0.1, -0.05) is 30.3 Å². The first-order chi connectivity index (χ1) is 13.3. The Bertz CT molecular complexity index is 692. The number of aryl methyl sites for hydroxylation is 1. The van der Waals surface area contributed by atoms with Crippen LogP contribution in [-0.2, 0) is 13.0 Å². The molecule has 4 heteroatoms. The summed E-state index contributed by atoms with van der Waals surface area (Å²) in [5.74, 6) is 2.65. The van der Waals surface area contributed by atoms with E-state index < -0.39 is 0 Å². The molecule has 4 rings (SSSR count). The van der Waals surface area contributed by atoms with Gasteiger partial charge in [0, 0.05) is 37.6 Å². The molecular weight excluding hydrogens is 332 g/mol. The van der Waals surface area contributed by atoms with Crippen molar-refractivity contribution in [3.05, 3.63) is 59.7 Å². The van der Waals surface area contributed by atoms with E-state index in [0.29, 0.717) is 0 Å². The van der Waals surface area contributed by atoms with E-state index in [-0.39, 0.29) is 0 Å². The van der Waals surface area contributed by atoms with Gasteiger partial charge in [-0.25, -0.2) is 9.97 Å². The molecule has 2 saturated heterocycles. The zero-order valence-corrected chi connectivity index (χ0v) is 16.6. The van der Waals surface area contributed by atoms with Gasteiger partial charge in [0.2, 0.25) is 0 Å². The third-order valence-corrected chi connectivity index (χ3v) is 6.41. The molecule has 1 aromatic carbocycles. The molecule has 0 saturated carbocycles. The third-order valence-electron chi connectivity index (χ3n) is 6.41. The van der Waals surface area contributed by atoms with Crippen LogP contribution in [0.1, 0.15) is 36.2 Å². The van der Waals surface area contributed by atoms with Crippen LogP contribution in [0.4, 0.5) is 0 Å². The van der Waals surface area contributed by atoms with Gasteiger partial charge < -0.3 is 4.90 Å². The number of hydrogen-bond acceptors (Lipinski definition) is 4. The van der Waals surface area contributed by atoms with Crippen LogP contribution < -0.4 is 0 Å². The molecule has 2 aliphatic heterocycles. The maximum absolute atomic E-state index is 4.33.